The van der Waals surface area contributed by atoms with Crippen LogP contribution in [0.1, 0.15) is 11.1 Å². The molecule has 4 rings (SSSR count). The maximum atomic E-state index is 13.5. The third-order valence-corrected chi connectivity index (χ3v) is 9.12. The molecule has 0 bridgehead atoms. The Morgan fingerprint density at radius 3 is 1.81 bits per heavy atom. The predicted octanol–water partition coefficient (Wildman–Crippen LogP) is 4.76. The van der Waals surface area contributed by atoms with Crippen molar-refractivity contribution in [2.45, 2.75) is 23.6 Å². The molecular formula is C23H19Cl2N3O6S2. The maximum absolute atomic E-state index is 13.5. The van der Waals surface area contributed by atoms with Crippen molar-refractivity contribution in [1.82, 2.24) is 4.98 Å². The maximum Gasteiger partial charge on any atom is 0.265 e. The predicted molar refractivity (Wildman–Crippen MR) is 140 cm³/mol. The van der Waals surface area contributed by atoms with Gasteiger partial charge in [0.1, 0.15) is 4.90 Å². The minimum Gasteiger partial charge on any atom is -0.504 e. The molecule has 3 aromatic carbocycles. The van der Waals surface area contributed by atoms with Crippen molar-refractivity contribution in [3.8, 4) is 5.75 Å². The first-order chi connectivity index (χ1) is 16.8. The molecule has 4 aromatic rings. The molecule has 0 aliphatic rings. The van der Waals surface area contributed by atoms with Gasteiger partial charge >= 0.3 is 0 Å². The molecule has 0 amide bonds. The number of sulfonamides is 2. The summed E-state index contributed by atoms with van der Waals surface area (Å²) in [6.07, 6.45) is 0. The molecule has 0 spiro atoms. The number of phenolic OH excluding ortho intramolecular Hbond substituents is 1. The van der Waals surface area contributed by atoms with Crippen molar-refractivity contribution in [2.24, 2.45) is 0 Å². The van der Waals surface area contributed by atoms with E-state index in [2.05, 4.69) is 14.4 Å². The van der Waals surface area contributed by atoms with Gasteiger partial charge in [0.05, 0.1) is 21.8 Å². The van der Waals surface area contributed by atoms with Crippen molar-refractivity contribution in [1.29, 1.82) is 0 Å². The van der Waals surface area contributed by atoms with Gasteiger partial charge in [-0.05, 0) is 61.4 Å². The van der Waals surface area contributed by atoms with Crippen LogP contribution in [0.5, 0.6) is 5.75 Å². The average Bonchev–Trinajstić information content (AvgIpc) is 2.80. The third kappa shape index (κ3) is 4.74. The lowest BCUT2D eigenvalue weighted by atomic mass is 10.2. The van der Waals surface area contributed by atoms with Crippen molar-refractivity contribution < 1.29 is 21.9 Å². The summed E-state index contributed by atoms with van der Waals surface area (Å²) in [5.41, 5.74) is 0.128. The van der Waals surface area contributed by atoms with E-state index < -0.39 is 41.1 Å². The van der Waals surface area contributed by atoms with Crippen LogP contribution in [-0.4, -0.2) is 26.9 Å². The Bertz CT molecular complexity index is 1800. The second-order valence-electron chi connectivity index (χ2n) is 7.87. The first kappa shape index (κ1) is 25.8. The Morgan fingerprint density at radius 1 is 0.778 bits per heavy atom. The smallest absolute Gasteiger partial charge is 0.265 e. The Hall–Kier alpha value is -3.25. The highest BCUT2D eigenvalue weighted by molar-refractivity contribution is 7.93. The molecule has 0 saturated heterocycles. The normalized spacial score (nSPS) is 12.0. The van der Waals surface area contributed by atoms with E-state index in [1.807, 2.05) is 0 Å². The van der Waals surface area contributed by atoms with E-state index in [0.29, 0.717) is 21.2 Å². The topological polar surface area (TPSA) is 145 Å². The second-order valence-corrected chi connectivity index (χ2v) is 12.0. The first-order valence-corrected chi connectivity index (χ1v) is 14.0. The van der Waals surface area contributed by atoms with Crippen LogP contribution in [0.25, 0.3) is 10.9 Å². The number of phenols is 1. The van der Waals surface area contributed by atoms with Gasteiger partial charge in [0.2, 0.25) is 5.56 Å². The number of halogens is 2. The zero-order valence-corrected chi connectivity index (χ0v) is 21.9. The lowest BCUT2D eigenvalue weighted by molar-refractivity contribution is 0.463. The molecule has 0 saturated carbocycles. The van der Waals surface area contributed by atoms with Gasteiger partial charge in [0.25, 0.3) is 20.0 Å². The molecule has 0 fully saturated rings. The third-order valence-electron chi connectivity index (χ3n) is 5.52. The number of fused-ring (bicyclic) bond motifs is 1. The SMILES string of the molecule is Cc1c(Cl)cccc1NS(=O)(=O)c1cc(S(=O)(=O)Nc2cccc(Cl)c2C)c2ccc(=O)[nH]c2c1O. The summed E-state index contributed by atoms with van der Waals surface area (Å²) in [6.45, 7) is 3.20. The number of nitrogens with one attached hydrogen (secondary N) is 3. The van der Waals surface area contributed by atoms with Gasteiger partial charge < -0.3 is 10.1 Å². The van der Waals surface area contributed by atoms with Crippen molar-refractivity contribution in [3.05, 3.63) is 86.1 Å². The Labute approximate surface area is 216 Å². The first-order valence-electron chi connectivity index (χ1n) is 10.3. The lowest BCUT2D eigenvalue weighted by Gasteiger charge is -2.17. The van der Waals surface area contributed by atoms with Crippen LogP contribution in [0, 0.1) is 13.8 Å². The highest BCUT2D eigenvalue weighted by Gasteiger charge is 2.29. The number of anilines is 2. The number of aromatic nitrogens is 1. The van der Waals surface area contributed by atoms with Crippen LogP contribution < -0.4 is 15.0 Å². The van der Waals surface area contributed by atoms with Crippen molar-refractivity contribution in [2.75, 3.05) is 9.44 Å². The second kappa shape index (κ2) is 9.32. The largest absolute Gasteiger partial charge is 0.504 e. The highest BCUT2D eigenvalue weighted by Crippen LogP contribution is 2.37. The Kier molecular flexibility index (Phi) is 6.69. The number of hydrogen-bond donors (Lipinski definition) is 4. The van der Waals surface area contributed by atoms with E-state index in [1.165, 1.54) is 24.3 Å². The molecule has 0 unspecified atom stereocenters. The number of aromatic amines is 1. The Morgan fingerprint density at radius 2 is 1.28 bits per heavy atom. The summed E-state index contributed by atoms with van der Waals surface area (Å²) in [6, 6.07) is 12.2. The monoisotopic (exact) mass is 567 g/mol. The van der Waals surface area contributed by atoms with Crippen LogP contribution in [0.3, 0.4) is 0 Å². The average molecular weight is 568 g/mol. The molecule has 0 aliphatic carbocycles. The number of benzene rings is 3. The minimum atomic E-state index is -4.55. The lowest BCUT2D eigenvalue weighted by Crippen LogP contribution is -2.18. The number of pyridine rings is 1. The molecule has 188 valence electrons. The van der Waals surface area contributed by atoms with Crippen LogP contribution in [0.4, 0.5) is 11.4 Å². The van der Waals surface area contributed by atoms with E-state index >= 15 is 0 Å². The molecule has 1 heterocycles. The zero-order valence-electron chi connectivity index (χ0n) is 18.8. The summed E-state index contributed by atoms with van der Waals surface area (Å²) < 4.78 is 58.2. The summed E-state index contributed by atoms with van der Waals surface area (Å²) >= 11 is 12.2. The van der Waals surface area contributed by atoms with E-state index in [9.17, 15) is 26.7 Å². The molecule has 9 nitrogen and oxygen atoms in total. The van der Waals surface area contributed by atoms with Gasteiger partial charge in [-0.1, -0.05) is 35.3 Å². The molecular weight excluding hydrogens is 549 g/mol. The minimum absolute atomic E-state index is 0.0998. The van der Waals surface area contributed by atoms with Gasteiger partial charge in [0, 0.05) is 21.5 Å². The van der Waals surface area contributed by atoms with Crippen molar-refractivity contribution >= 4 is 65.5 Å². The summed E-state index contributed by atoms with van der Waals surface area (Å²) in [5.74, 6) is -0.826. The van der Waals surface area contributed by atoms with Gasteiger partial charge in [-0.3, -0.25) is 14.2 Å². The molecule has 4 N–H and O–H groups in total. The molecule has 36 heavy (non-hydrogen) atoms. The zero-order chi connectivity index (χ0) is 26.4. The number of aromatic hydroxyl groups is 1. The van der Waals surface area contributed by atoms with Crippen LogP contribution in [-0.2, 0) is 20.0 Å². The van der Waals surface area contributed by atoms with Gasteiger partial charge in [-0.15, -0.1) is 0 Å². The van der Waals surface area contributed by atoms with Crippen LogP contribution in [0.15, 0.2) is 69.2 Å². The van der Waals surface area contributed by atoms with Gasteiger partial charge in [-0.25, -0.2) is 16.8 Å². The standard InChI is InChI=1S/C23H19Cl2N3O6S2/c1-12-15(24)5-3-7-17(12)27-35(31,32)19-11-20(23(30)22-14(19)9-10-21(29)26-22)36(33,34)28-18-8-4-6-16(25)13(18)2/h3-11,27-28,30H,1-2H3,(H,26,29). The van der Waals surface area contributed by atoms with Crippen LogP contribution in [0.2, 0.25) is 10.0 Å². The summed E-state index contributed by atoms with van der Waals surface area (Å²) in [5, 5.41) is 11.3. The van der Waals surface area contributed by atoms with E-state index in [-0.39, 0.29) is 22.3 Å². The molecule has 13 heteroatoms. The molecule has 0 radical (unpaired) electrons. The van der Waals surface area contributed by atoms with E-state index in [0.717, 1.165) is 12.1 Å². The fourth-order valence-corrected chi connectivity index (χ4v) is 6.54. The fraction of sp³-hybridized carbons (Fsp3) is 0.0870. The summed E-state index contributed by atoms with van der Waals surface area (Å²) in [4.78, 5) is 13.0. The molecule has 0 aliphatic heterocycles. The molecule has 0 atom stereocenters. The van der Waals surface area contributed by atoms with Crippen LogP contribution >= 0.6 is 23.2 Å². The Balaban J connectivity index is 1.94. The number of hydrogen-bond acceptors (Lipinski definition) is 6. The fourth-order valence-electron chi connectivity index (χ4n) is 3.52. The summed E-state index contributed by atoms with van der Waals surface area (Å²) in [7, 11) is -8.99. The number of H-pyrrole nitrogens is 1. The van der Waals surface area contributed by atoms with E-state index in [1.54, 1.807) is 32.0 Å². The van der Waals surface area contributed by atoms with Gasteiger partial charge in [-0.2, -0.15) is 0 Å². The van der Waals surface area contributed by atoms with Crippen molar-refractivity contribution in [3.63, 3.8) is 0 Å². The highest BCUT2D eigenvalue weighted by atomic mass is 35.5. The van der Waals surface area contributed by atoms with E-state index in [4.69, 9.17) is 23.2 Å². The molecule has 1 aromatic heterocycles. The quantitative estimate of drug-likeness (QED) is 0.264. The number of rotatable bonds is 6. The van der Waals surface area contributed by atoms with Gasteiger partial charge in [0.15, 0.2) is 5.75 Å².